The number of allylic oxidation sites excluding steroid dienone is 2. The van der Waals surface area contributed by atoms with E-state index in [1.165, 1.54) is 22.3 Å². The SMILES string of the molecule is CC/C(=C(/CC)c1cccc(OCCN(CC)CC)c1)c1ccccc1. The Kier molecular flexibility index (Phi) is 8.43. The number of rotatable bonds is 10. The molecule has 0 aliphatic heterocycles. The van der Waals surface area contributed by atoms with Gasteiger partial charge in [-0.2, -0.15) is 0 Å². The summed E-state index contributed by atoms with van der Waals surface area (Å²) in [5, 5.41) is 0. The third-order valence-electron chi connectivity index (χ3n) is 4.95. The molecule has 2 aromatic rings. The van der Waals surface area contributed by atoms with E-state index in [2.05, 4.69) is 87.2 Å². The molecule has 0 fully saturated rings. The highest BCUT2D eigenvalue weighted by Gasteiger charge is 2.10. The van der Waals surface area contributed by atoms with Gasteiger partial charge in [0.05, 0.1) is 0 Å². The summed E-state index contributed by atoms with van der Waals surface area (Å²) in [6.45, 7) is 12.7. The van der Waals surface area contributed by atoms with Gasteiger partial charge in [0.25, 0.3) is 0 Å². The molecule has 0 unspecified atom stereocenters. The highest BCUT2D eigenvalue weighted by atomic mass is 16.5. The van der Waals surface area contributed by atoms with E-state index in [0.717, 1.165) is 44.8 Å². The minimum Gasteiger partial charge on any atom is -0.492 e. The smallest absolute Gasteiger partial charge is 0.119 e. The van der Waals surface area contributed by atoms with Gasteiger partial charge in [-0.05, 0) is 60.3 Å². The lowest BCUT2D eigenvalue weighted by Crippen LogP contribution is -2.27. The Bertz CT molecular complexity index is 686. The zero-order chi connectivity index (χ0) is 18.8. The van der Waals surface area contributed by atoms with Crippen molar-refractivity contribution in [2.45, 2.75) is 40.5 Å². The molecule has 2 aromatic carbocycles. The maximum absolute atomic E-state index is 6.03. The van der Waals surface area contributed by atoms with E-state index in [4.69, 9.17) is 4.74 Å². The summed E-state index contributed by atoms with van der Waals surface area (Å²) in [5.74, 6) is 0.962. The first-order chi connectivity index (χ1) is 12.7. The van der Waals surface area contributed by atoms with Crippen molar-refractivity contribution in [3.8, 4) is 5.75 Å². The van der Waals surface area contributed by atoms with Gasteiger partial charge in [-0.25, -0.2) is 0 Å². The molecule has 0 spiro atoms. The van der Waals surface area contributed by atoms with Crippen LogP contribution in [0.3, 0.4) is 0 Å². The molecule has 2 heteroatoms. The molecule has 2 rings (SSSR count). The summed E-state index contributed by atoms with van der Waals surface area (Å²) < 4.78 is 6.03. The lowest BCUT2D eigenvalue weighted by molar-refractivity contribution is 0.223. The Morgan fingerprint density at radius 3 is 2.00 bits per heavy atom. The summed E-state index contributed by atoms with van der Waals surface area (Å²) in [7, 11) is 0. The molecule has 26 heavy (non-hydrogen) atoms. The Morgan fingerprint density at radius 1 is 0.769 bits per heavy atom. The summed E-state index contributed by atoms with van der Waals surface area (Å²) >= 11 is 0. The first-order valence-electron chi connectivity index (χ1n) is 9.96. The van der Waals surface area contributed by atoms with Crippen molar-refractivity contribution in [2.75, 3.05) is 26.2 Å². The lowest BCUT2D eigenvalue weighted by atomic mass is 9.91. The zero-order valence-corrected chi connectivity index (χ0v) is 16.8. The molecule has 0 saturated carbocycles. The fourth-order valence-corrected chi connectivity index (χ4v) is 3.43. The minimum atomic E-state index is 0.732. The number of hydrogen-bond acceptors (Lipinski definition) is 2. The molecule has 0 N–H and O–H groups in total. The van der Waals surface area contributed by atoms with E-state index >= 15 is 0 Å². The number of benzene rings is 2. The van der Waals surface area contributed by atoms with E-state index < -0.39 is 0 Å². The van der Waals surface area contributed by atoms with Crippen LogP contribution >= 0.6 is 0 Å². The predicted molar refractivity (Wildman–Crippen MR) is 114 cm³/mol. The van der Waals surface area contributed by atoms with Crippen LogP contribution in [0.25, 0.3) is 11.1 Å². The second kappa shape index (κ2) is 10.8. The summed E-state index contributed by atoms with van der Waals surface area (Å²) in [6.07, 6.45) is 2.04. The van der Waals surface area contributed by atoms with Crippen LogP contribution in [-0.4, -0.2) is 31.1 Å². The topological polar surface area (TPSA) is 12.5 Å². The maximum atomic E-state index is 6.03. The van der Waals surface area contributed by atoms with Crippen LogP contribution in [0, 0.1) is 0 Å². The van der Waals surface area contributed by atoms with Crippen LogP contribution in [0.5, 0.6) is 5.75 Å². The molecule has 0 radical (unpaired) electrons. The Hall–Kier alpha value is -2.06. The van der Waals surface area contributed by atoms with Crippen molar-refractivity contribution >= 4 is 11.1 Å². The van der Waals surface area contributed by atoms with Gasteiger partial charge in [-0.3, -0.25) is 0 Å². The standard InChI is InChI=1S/C24H33NO/c1-5-23(20-13-10-9-11-14-20)24(6-2)21-15-12-16-22(19-21)26-18-17-25(7-3)8-4/h9-16,19H,5-8,17-18H2,1-4H3/b24-23+. The molecule has 0 aliphatic rings. The molecule has 0 bridgehead atoms. The maximum Gasteiger partial charge on any atom is 0.119 e. The van der Waals surface area contributed by atoms with Crippen molar-refractivity contribution in [1.82, 2.24) is 4.90 Å². The van der Waals surface area contributed by atoms with E-state index in [0.29, 0.717) is 0 Å². The van der Waals surface area contributed by atoms with E-state index in [1.54, 1.807) is 0 Å². The molecule has 2 nitrogen and oxygen atoms in total. The number of ether oxygens (including phenoxy) is 1. The van der Waals surface area contributed by atoms with E-state index in [9.17, 15) is 0 Å². The summed E-state index contributed by atoms with van der Waals surface area (Å²) in [5.41, 5.74) is 5.43. The summed E-state index contributed by atoms with van der Waals surface area (Å²) in [6, 6.07) is 19.3. The van der Waals surface area contributed by atoms with Gasteiger partial charge in [0.15, 0.2) is 0 Å². The largest absolute Gasteiger partial charge is 0.492 e. The number of hydrogen-bond donors (Lipinski definition) is 0. The van der Waals surface area contributed by atoms with Crippen LogP contribution in [0.15, 0.2) is 54.6 Å². The number of likely N-dealkylation sites (N-methyl/N-ethyl adjacent to an activating group) is 1. The number of nitrogens with zero attached hydrogens (tertiary/aromatic N) is 1. The van der Waals surface area contributed by atoms with Gasteiger partial charge in [0.2, 0.25) is 0 Å². The molecular formula is C24H33NO. The van der Waals surface area contributed by atoms with E-state index in [1.807, 2.05) is 0 Å². The average Bonchev–Trinajstić information content (AvgIpc) is 2.70. The fourth-order valence-electron chi connectivity index (χ4n) is 3.43. The Balaban J connectivity index is 2.22. The Labute approximate surface area is 159 Å². The third kappa shape index (κ3) is 5.47. The molecule has 0 saturated heterocycles. The molecule has 140 valence electrons. The normalized spacial score (nSPS) is 12.2. The van der Waals surface area contributed by atoms with Crippen molar-refractivity contribution < 1.29 is 4.74 Å². The average molecular weight is 352 g/mol. The highest BCUT2D eigenvalue weighted by molar-refractivity contribution is 5.90. The molecule has 0 atom stereocenters. The first-order valence-corrected chi connectivity index (χ1v) is 9.96. The monoisotopic (exact) mass is 351 g/mol. The van der Waals surface area contributed by atoms with Gasteiger partial charge >= 0.3 is 0 Å². The van der Waals surface area contributed by atoms with Crippen molar-refractivity contribution in [3.05, 3.63) is 65.7 Å². The van der Waals surface area contributed by atoms with Crippen LogP contribution in [0.2, 0.25) is 0 Å². The van der Waals surface area contributed by atoms with Gasteiger partial charge in [0, 0.05) is 6.54 Å². The Morgan fingerprint density at radius 2 is 1.38 bits per heavy atom. The first kappa shape index (κ1) is 20.3. The molecular weight excluding hydrogens is 318 g/mol. The van der Waals surface area contributed by atoms with Crippen LogP contribution in [0.1, 0.15) is 51.7 Å². The minimum absolute atomic E-state index is 0.732. The molecule has 0 aromatic heterocycles. The zero-order valence-electron chi connectivity index (χ0n) is 16.8. The third-order valence-corrected chi connectivity index (χ3v) is 4.95. The van der Waals surface area contributed by atoms with Gasteiger partial charge in [0.1, 0.15) is 12.4 Å². The van der Waals surface area contributed by atoms with Crippen LogP contribution in [0.4, 0.5) is 0 Å². The van der Waals surface area contributed by atoms with Crippen molar-refractivity contribution in [2.24, 2.45) is 0 Å². The van der Waals surface area contributed by atoms with Gasteiger partial charge < -0.3 is 9.64 Å². The lowest BCUT2D eigenvalue weighted by Gasteiger charge is -2.18. The van der Waals surface area contributed by atoms with Crippen LogP contribution in [-0.2, 0) is 0 Å². The van der Waals surface area contributed by atoms with Crippen LogP contribution < -0.4 is 4.74 Å². The van der Waals surface area contributed by atoms with Gasteiger partial charge in [-0.1, -0.05) is 70.2 Å². The fraction of sp³-hybridized carbons (Fsp3) is 0.417. The van der Waals surface area contributed by atoms with E-state index in [-0.39, 0.29) is 0 Å². The second-order valence-electron chi connectivity index (χ2n) is 6.43. The second-order valence-corrected chi connectivity index (χ2v) is 6.43. The molecule has 0 heterocycles. The molecule has 0 amide bonds. The van der Waals surface area contributed by atoms with Crippen molar-refractivity contribution in [1.29, 1.82) is 0 Å². The van der Waals surface area contributed by atoms with Crippen molar-refractivity contribution in [3.63, 3.8) is 0 Å². The van der Waals surface area contributed by atoms with Gasteiger partial charge in [-0.15, -0.1) is 0 Å². The highest BCUT2D eigenvalue weighted by Crippen LogP contribution is 2.32. The predicted octanol–water partition coefficient (Wildman–Crippen LogP) is 6.14. The summed E-state index contributed by atoms with van der Waals surface area (Å²) in [4.78, 5) is 2.38. The quantitative estimate of drug-likeness (QED) is 0.477. The molecule has 0 aliphatic carbocycles.